The molecule has 0 unspecified atom stereocenters. The minimum absolute atomic E-state index is 0.642. The van der Waals surface area contributed by atoms with Crippen LogP contribution in [0.3, 0.4) is 0 Å². The van der Waals surface area contributed by atoms with Gasteiger partial charge in [0, 0.05) is 47.0 Å². The molecule has 14 aromatic heterocycles. The van der Waals surface area contributed by atoms with Crippen LogP contribution in [0.1, 0.15) is 0 Å². The van der Waals surface area contributed by atoms with Gasteiger partial charge in [-0.15, -0.1) is 0 Å². The maximum Gasteiger partial charge on any atom is 0.0987 e. The van der Waals surface area contributed by atoms with E-state index in [2.05, 4.69) is 56.3 Å². The summed E-state index contributed by atoms with van der Waals surface area (Å²) in [5.41, 5.74) is 20.5. The first kappa shape index (κ1) is 54.0. The fourth-order valence-electron chi connectivity index (χ4n) is 10.7. The second-order valence-electron chi connectivity index (χ2n) is 20.9. The number of aromatic nitrogens is 14. The van der Waals surface area contributed by atoms with Crippen LogP contribution >= 0.6 is 0 Å². The smallest absolute Gasteiger partial charge is 0.0987 e. The zero-order valence-corrected chi connectivity index (χ0v) is 48.0. The summed E-state index contributed by atoms with van der Waals surface area (Å²) in [7, 11) is 0. The van der Waals surface area contributed by atoms with Crippen molar-refractivity contribution in [3.05, 3.63) is 292 Å². The SMILES string of the molecule is c1ccc(-c2cccc(-c3cccc(-c4ccc(-c5ccc(-c6ccc(-c7cccc(-c8cccc(-c9ccccn9)n8)n7)c(-c7cccc(-c8cccc(-c9ccccn9)n8)n7)n6)cc5)nc4-c4cccc(-c5cccc(-c6ccccn6)n5)n4)n3)n2)nc1. The Kier molecular flexibility index (Phi) is 14.6. The van der Waals surface area contributed by atoms with Crippen molar-refractivity contribution in [1.82, 2.24) is 69.8 Å². The van der Waals surface area contributed by atoms with E-state index in [1.165, 1.54) is 0 Å². The molecule has 1 aromatic carbocycles. The van der Waals surface area contributed by atoms with E-state index in [0.717, 1.165) is 79.2 Å². The lowest BCUT2D eigenvalue weighted by Gasteiger charge is -2.14. The van der Waals surface area contributed by atoms with Crippen LogP contribution in [0.4, 0.5) is 0 Å². The van der Waals surface area contributed by atoms with Crippen LogP contribution in [0.5, 0.6) is 0 Å². The molecule has 0 amide bonds. The van der Waals surface area contributed by atoms with Crippen LogP contribution in [0.2, 0.25) is 0 Å². The van der Waals surface area contributed by atoms with Gasteiger partial charge in [-0.3, -0.25) is 19.9 Å². The quantitative estimate of drug-likeness (QED) is 0.100. The molecule has 15 rings (SSSR count). The van der Waals surface area contributed by atoms with Crippen molar-refractivity contribution in [2.24, 2.45) is 0 Å². The van der Waals surface area contributed by atoms with Gasteiger partial charge in [0.15, 0.2) is 0 Å². The molecule has 0 fully saturated rings. The predicted molar refractivity (Wildman–Crippen MR) is 352 cm³/mol. The molecule has 0 bridgehead atoms. The standard InChI is InChI=1S/C76H48N14/c1-5-45-77-57(17-1)61-23-11-29-67(83-61)65-27-9-21-55(81-65)51-41-43-53(89-75(51)73-35-15-33-71(87-73)69-31-13-25-63(85-69)59-19-3-7-47-79-59)49-37-39-50(40-38-49)54-44-42-52(56-22-10-28-66(82-56)68-30-12-24-62(84-68)58-18-2-6-46-78-58)76(90-54)74-36-16-34-72(88-74)70-32-14-26-64(86-70)60-20-4-8-48-80-60/h1-48H. The normalized spacial score (nSPS) is 11.1. The third-order valence-corrected chi connectivity index (χ3v) is 15.1. The van der Waals surface area contributed by atoms with Crippen molar-refractivity contribution in [2.75, 3.05) is 0 Å². The summed E-state index contributed by atoms with van der Waals surface area (Å²) in [4.78, 5) is 70.1. The van der Waals surface area contributed by atoms with Gasteiger partial charge in [-0.2, -0.15) is 0 Å². The van der Waals surface area contributed by atoms with E-state index in [1.54, 1.807) is 24.8 Å². The number of benzene rings is 1. The fourth-order valence-corrected chi connectivity index (χ4v) is 10.7. The van der Waals surface area contributed by atoms with Gasteiger partial charge < -0.3 is 0 Å². The highest BCUT2D eigenvalue weighted by Crippen LogP contribution is 2.38. The highest BCUT2D eigenvalue weighted by Gasteiger charge is 2.20. The Morgan fingerprint density at radius 1 is 0.133 bits per heavy atom. The molecule has 422 valence electrons. The summed E-state index contributed by atoms with van der Waals surface area (Å²) in [5.74, 6) is 0. The third kappa shape index (κ3) is 11.4. The first-order chi connectivity index (χ1) is 44.6. The van der Waals surface area contributed by atoms with Crippen LogP contribution in [0.15, 0.2) is 292 Å². The lowest BCUT2D eigenvalue weighted by Crippen LogP contribution is -1.99. The Balaban J connectivity index is 0.810. The van der Waals surface area contributed by atoms with Gasteiger partial charge in [-0.1, -0.05) is 97.1 Å². The van der Waals surface area contributed by atoms with Crippen LogP contribution in [-0.4, -0.2) is 69.8 Å². The minimum atomic E-state index is 0.642. The Morgan fingerprint density at radius 3 is 0.600 bits per heavy atom. The first-order valence-corrected chi connectivity index (χ1v) is 29.1. The number of hydrogen-bond acceptors (Lipinski definition) is 14. The summed E-state index contributed by atoms with van der Waals surface area (Å²) in [6, 6.07) is 87.0. The summed E-state index contributed by atoms with van der Waals surface area (Å²) >= 11 is 0. The van der Waals surface area contributed by atoms with E-state index in [4.69, 9.17) is 49.8 Å². The molecular weight excluding hydrogens is 1110 g/mol. The monoisotopic (exact) mass is 1160 g/mol. The number of hydrogen-bond donors (Lipinski definition) is 0. The van der Waals surface area contributed by atoms with Crippen molar-refractivity contribution in [3.8, 4) is 159 Å². The predicted octanol–water partition coefficient (Wildman–Crippen LogP) is 16.6. The molecule has 0 spiro atoms. The Labute approximate surface area is 517 Å². The minimum Gasteiger partial charge on any atom is -0.255 e. The highest BCUT2D eigenvalue weighted by molar-refractivity contribution is 5.84. The zero-order chi connectivity index (χ0) is 60.0. The van der Waals surface area contributed by atoms with E-state index >= 15 is 0 Å². The summed E-state index contributed by atoms with van der Waals surface area (Å²) < 4.78 is 0. The highest BCUT2D eigenvalue weighted by atomic mass is 14.9. The lowest BCUT2D eigenvalue weighted by molar-refractivity contribution is 1.19. The number of pyridine rings is 14. The average molecular weight is 1160 g/mol. The summed E-state index contributed by atoms with van der Waals surface area (Å²) in [6.45, 7) is 0. The summed E-state index contributed by atoms with van der Waals surface area (Å²) in [5, 5.41) is 0. The van der Waals surface area contributed by atoms with Gasteiger partial charge in [0.25, 0.3) is 0 Å². The van der Waals surface area contributed by atoms with Gasteiger partial charge in [0.1, 0.15) is 0 Å². The topological polar surface area (TPSA) is 180 Å². The molecule has 14 heteroatoms. The van der Waals surface area contributed by atoms with Crippen molar-refractivity contribution in [3.63, 3.8) is 0 Å². The Bertz CT molecular complexity index is 4750. The molecule has 0 N–H and O–H groups in total. The van der Waals surface area contributed by atoms with Crippen LogP contribution in [-0.2, 0) is 0 Å². The van der Waals surface area contributed by atoms with Crippen molar-refractivity contribution in [2.45, 2.75) is 0 Å². The molecule has 90 heavy (non-hydrogen) atoms. The van der Waals surface area contributed by atoms with Crippen molar-refractivity contribution < 1.29 is 0 Å². The number of nitrogens with zero attached hydrogens (tertiary/aromatic N) is 14. The molecule has 14 heterocycles. The molecule has 0 aliphatic rings. The van der Waals surface area contributed by atoms with E-state index in [1.807, 2.05) is 231 Å². The second-order valence-corrected chi connectivity index (χ2v) is 20.9. The summed E-state index contributed by atoms with van der Waals surface area (Å²) in [6.07, 6.45) is 7.07. The van der Waals surface area contributed by atoms with Gasteiger partial charge in [0.2, 0.25) is 0 Å². The van der Waals surface area contributed by atoms with Gasteiger partial charge in [0.05, 0.1) is 137 Å². The van der Waals surface area contributed by atoms with Crippen LogP contribution < -0.4 is 0 Å². The van der Waals surface area contributed by atoms with Crippen LogP contribution in [0, 0.1) is 0 Å². The maximum atomic E-state index is 5.45. The molecule has 0 radical (unpaired) electrons. The first-order valence-electron chi connectivity index (χ1n) is 29.1. The lowest BCUT2D eigenvalue weighted by atomic mass is 10.0. The molecule has 15 aromatic rings. The Hall–Kier alpha value is -12.7. The van der Waals surface area contributed by atoms with E-state index in [0.29, 0.717) is 79.7 Å². The maximum absolute atomic E-state index is 5.45. The molecule has 14 nitrogen and oxygen atoms in total. The number of rotatable bonds is 14. The fraction of sp³-hybridized carbons (Fsp3) is 0. The van der Waals surface area contributed by atoms with Gasteiger partial charge >= 0.3 is 0 Å². The van der Waals surface area contributed by atoms with Crippen molar-refractivity contribution >= 4 is 0 Å². The molecular formula is C76H48N14. The largest absolute Gasteiger partial charge is 0.255 e. The van der Waals surface area contributed by atoms with E-state index in [-0.39, 0.29) is 0 Å². The zero-order valence-electron chi connectivity index (χ0n) is 48.0. The van der Waals surface area contributed by atoms with Crippen LogP contribution in [0.25, 0.3) is 159 Å². The van der Waals surface area contributed by atoms with E-state index < -0.39 is 0 Å². The Morgan fingerprint density at radius 2 is 0.344 bits per heavy atom. The molecule has 0 atom stereocenters. The second kappa shape index (κ2) is 24.4. The molecule has 0 saturated carbocycles. The van der Waals surface area contributed by atoms with Gasteiger partial charge in [-0.05, 0) is 170 Å². The molecule has 0 aliphatic heterocycles. The molecule has 0 aliphatic carbocycles. The average Bonchev–Trinajstić information content (AvgIpc) is 1.64. The van der Waals surface area contributed by atoms with Gasteiger partial charge in [-0.25, -0.2) is 49.8 Å². The third-order valence-electron chi connectivity index (χ3n) is 15.1. The van der Waals surface area contributed by atoms with Crippen molar-refractivity contribution in [1.29, 1.82) is 0 Å². The van der Waals surface area contributed by atoms with E-state index in [9.17, 15) is 0 Å². The molecule has 0 saturated heterocycles.